The van der Waals surface area contributed by atoms with Gasteiger partial charge in [0.1, 0.15) is 16.0 Å². The Labute approximate surface area is 217 Å². The van der Waals surface area contributed by atoms with Crippen molar-refractivity contribution in [1.82, 2.24) is 10.3 Å². The lowest BCUT2D eigenvalue weighted by molar-refractivity contribution is -0.137. The van der Waals surface area contributed by atoms with Crippen molar-refractivity contribution >= 4 is 17.2 Å². The Morgan fingerprint density at radius 1 is 1.22 bits per heavy atom. The fourth-order valence-corrected chi connectivity index (χ4v) is 5.41. The summed E-state index contributed by atoms with van der Waals surface area (Å²) < 4.78 is 45.0. The number of aromatic nitrogens is 1. The van der Waals surface area contributed by atoms with Gasteiger partial charge in [-0.3, -0.25) is 4.79 Å². The van der Waals surface area contributed by atoms with Gasteiger partial charge in [-0.05, 0) is 54.2 Å². The van der Waals surface area contributed by atoms with Crippen molar-refractivity contribution in [1.29, 1.82) is 0 Å². The van der Waals surface area contributed by atoms with Gasteiger partial charge >= 0.3 is 6.18 Å². The standard InChI is InChI=1S/C27H30F3N3O3S/c1-16(33-24(35)22-15-32-25(37-22)23(34)26(2)9-11-36-12-10-26)17-3-5-18(6-4-17)21-13-20(27(28,29)30)8-7-19(21)14-31/h3-8,13,15-16,23,34H,9-12,14,31H2,1-2H3,(H,33,35)/t16-,23?/m1/s1. The van der Waals surface area contributed by atoms with Gasteiger partial charge in [-0.1, -0.05) is 37.3 Å². The number of aliphatic hydroxyl groups is 1. The number of nitrogens with one attached hydrogen (secondary N) is 1. The van der Waals surface area contributed by atoms with Crippen LogP contribution in [0.5, 0.6) is 0 Å². The molecule has 0 aliphatic carbocycles. The number of benzene rings is 2. The Morgan fingerprint density at radius 2 is 1.89 bits per heavy atom. The van der Waals surface area contributed by atoms with Crippen molar-refractivity contribution in [2.24, 2.45) is 11.1 Å². The molecular weight excluding hydrogens is 503 g/mol. The maximum Gasteiger partial charge on any atom is 0.416 e. The SMILES string of the molecule is C[C@@H](NC(=O)c1cnc(C(O)C2(C)CCOCC2)s1)c1ccc(-c2cc(C(F)(F)F)ccc2CN)cc1. The summed E-state index contributed by atoms with van der Waals surface area (Å²) in [5.41, 5.74) is 7.11. The third kappa shape index (κ3) is 6.04. The highest BCUT2D eigenvalue weighted by Crippen LogP contribution is 2.43. The lowest BCUT2D eigenvalue weighted by Crippen LogP contribution is -2.32. The third-order valence-electron chi connectivity index (χ3n) is 7.00. The molecule has 37 heavy (non-hydrogen) atoms. The Balaban J connectivity index is 1.45. The number of amides is 1. The number of alkyl halides is 3. The average molecular weight is 534 g/mol. The van der Waals surface area contributed by atoms with E-state index in [4.69, 9.17) is 10.5 Å². The number of nitrogens with zero attached hydrogens (tertiary/aromatic N) is 1. The van der Waals surface area contributed by atoms with Crippen LogP contribution in [0.4, 0.5) is 13.2 Å². The Hall–Kier alpha value is -2.79. The van der Waals surface area contributed by atoms with E-state index in [0.717, 1.165) is 30.5 Å². The summed E-state index contributed by atoms with van der Waals surface area (Å²) in [6, 6.07) is 10.2. The van der Waals surface area contributed by atoms with Crippen LogP contribution in [-0.2, 0) is 17.5 Å². The molecule has 198 valence electrons. The maximum absolute atomic E-state index is 13.2. The first-order valence-corrected chi connectivity index (χ1v) is 12.9. The predicted octanol–water partition coefficient (Wildman–Crippen LogP) is 5.63. The molecule has 0 radical (unpaired) electrons. The summed E-state index contributed by atoms with van der Waals surface area (Å²) >= 11 is 1.17. The molecule has 10 heteroatoms. The summed E-state index contributed by atoms with van der Waals surface area (Å²) in [5.74, 6) is -0.312. The van der Waals surface area contributed by atoms with E-state index in [9.17, 15) is 23.1 Å². The molecule has 0 spiro atoms. The second-order valence-corrected chi connectivity index (χ2v) is 10.7. The number of carbonyl (C=O) groups excluding carboxylic acids is 1. The quantitative estimate of drug-likeness (QED) is 0.366. The molecule has 4 rings (SSSR count). The predicted molar refractivity (Wildman–Crippen MR) is 136 cm³/mol. The zero-order chi connectivity index (χ0) is 26.8. The largest absolute Gasteiger partial charge is 0.416 e. The molecular formula is C27H30F3N3O3S. The van der Waals surface area contributed by atoms with E-state index in [0.29, 0.717) is 39.8 Å². The molecule has 1 fully saturated rings. The van der Waals surface area contributed by atoms with Crippen LogP contribution in [0.25, 0.3) is 11.1 Å². The zero-order valence-electron chi connectivity index (χ0n) is 20.6. The molecule has 0 bridgehead atoms. The number of ether oxygens (including phenoxy) is 1. The second kappa shape index (κ2) is 10.9. The van der Waals surface area contributed by atoms with Crippen LogP contribution in [0, 0.1) is 5.41 Å². The summed E-state index contributed by atoms with van der Waals surface area (Å²) in [4.78, 5) is 17.6. The van der Waals surface area contributed by atoms with E-state index in [1.165, 1.54) is 23.6 Å². The van der Waals surface area contributed by atoms with Crippen LogP contribution in [0.3, 0.4) is 0 Å². The van der Waals surface area contributed by atoms with Gasteiger partial charge in [0, 0.05) is 25.2 Å². The van der Waals surface area contributed by atoms with E-state index in [1.54, 1.807) is 24.3 Å². The summed E-state index contributed by atoms with van der Waals surface area (Å²) in [7, 11) is 0. The molecule has 1 saturated heterocycles. The molecule has 0 saturated carbocycles. The van der Waals surface area contributed by atoms with E-state index in [-0.39, 0.29) is 23.9 Å². The van der Waals surface area contributed by atoms with Crippen molar-refractivity contribution < 1.29 is 27.8 Å². The second-order valence-electron chi connectivity index (χ2n) is 9.62. The monoisotopic (exact) mass is 533 g/mol. The molecule has 1 unspecified atom stereocenters. The number of hydrogen-bond acceptors (Lipinski definition) is 6. The van der Waals surface area contributed by atoms with Gasteiger partial charge in [0.15, 0.2) is 0 Å². The first kappa shape index (κ1) is 27.3. The van der Waals surface area contributed by atoms with Crippen LogP contribution in [-0.4, -0.2) is 29.2 Å². The normalized spacial score (nSPS) is 17.3. The number of thiazole rings is 1. The summed E-state index contributed by atoms with van der Waals surface area (Å²) in [5, 5.41) is 14.3. The Kier molecular flexibility index (Phi) is 8.03. The smallest absolute Gasteiger partial charge is 0.385 e. The maximum atomic E-state index is 13.2. The Morgan fingerprint density at radius 3 is 2.51 bits per heavy atom. The van der Waals surface area contributed by atoms with Crippen molar-refractivity contribution in [3.8, 4) is 11.1 Å². The van der Waals surface area contributed by atoms with Crippen LogP contribution in [0.1, 0.15) is 70.2 Å². The first-order chi connectivity index (χ1) is 17.5. The van der Waals surface area contributed by atoms with Crippen molar-refractivity contribution in [3.05, 3.63) is 75.2 Å². The molecule has 1 amide bonds. The lowest BCUT2D eigenvalue weighted by atomic mass is 9.77. The summed E-state index contributed by atoms with van der Waals surface area (Å²) in [6.45, 7) is 5.11. The molecule has 4 N–H and O–H groups in total. The van der Waals surface area contributed by atoms with Gasteiger partial charge in [0.05, 0.1) is 17.8 Å². The number of hydrogen-bond donors (Lipinski definition) is 3. The molecule has 2 aromatic carbocycles. The van der Waals surface area contributed by atoms with Gasteiger partial charge < -0.3 is 20.9 Å². The van der Waals surface area contributed by atoms with E-state index in [1.807, 2.05) is 13.8 Å². The summed E-state index contributed by atoms with van der Waals surface area (Å²) in [6.07, 6.45) is -2.32. The Bertz CT molecular complexity index is 1240. The van der Waals surface area contributed by atoms with Crippen molar-refractivity contribution in [2.45, 2.75) is 51.6 Å². The lowest BCUT2D eigenvalue weighted by Gasteiger charge is -2.36. The first-order valence-electron chi connectivity index (χ1n) is 12.0. The van der Waals surface area contributed by atoms with E-state index >= 15 is 0 Å². The average Bonchev–Trinajstić information content (AvgIpc) is 3.38. The van der Waals surface area contributed by atoms with Crippen LogP contribution < -0.4 is 11.1 Å². The van der Waals surface area contributed by atoms with Gasteiger partial charge in [-0.2, -0.15) is 13.2 Å². The van der Waals surface area contributed by atoms with Gasteiger partial charge in [-0.15, -0.1) is 11.3 Å². The van der Waals surface area contributed by atoms with Gasteiger partial charge in [0.25, 0.3) is 5.91 Å². The number of aliphatic hydroxyl groups excluding tert-OH is 1. The molecule has 2 heterocycles. The van der Waals surface area contributed by atoms with Crippen molar-refractivity contribution in [2.75, 3.05) is 13.2 Å². The van der Waals surface area contributed by atoms with Crippen molar-refractivity contribution in [3.63, 3.8) is 0 Å². The molecule has 2 atom stereocenters. The van der Waals surface area contributed by atoms with Crippen LogP contribution in [0.2, 0.25) is 0 Å². The molecule has 1 aromatic heterocycles. The topological polar surface area (TPSA) is 97.5 Å². The molecule has 1 aliphatic heterocycles. The third-order valence-corrected chi connectivity index (χ3v) is 8.05. The van der Waals surface area contributed by atoms with Gasteiger partial charge in [0.2, 0.25) is 0 Å². The molecule has 1 aliphatic rings. The number of halogens is 3. The fourth-order valence-electron chi connectivity index (χ4n) is 4.43. The highest BCUT2D eigenvalue weighted by Gasteiger charge is 2.37. The van der Waals surface area contributed by atoms with Gasteiger partial charge in [-0.25, -0.2) is 4.98 Å². The van der Waals surface area contributed by atoms with Crippen LogP contribution >= 0.6 is 11.3 Å². The number of carbonyl (C=O) groups is 1. The minimum atomic E-state index is -4.45. The minimum Gasteiger partial charge on any atom is -0.385 e. The number of nitrogens with two attached hydrogens (primary N) is 1. The van der Waals surface area contributed by atoms with E-state index in [2.05, 4.69) is 10.3 Å². The van der Waals surface area contributed by atoms with Crippen LogP contribution in [0.15, 0.2) is 48.7 Å². The van der Waals surface area contributed by atoms with E-state index < -0.39 is 17.8 Å². The fraction of sp³-hybridized carbons (Fsp3) is 0.407. The zero-order valence-corrected chi connectivity index (χ0v) is 21.5. The highest BCUT2D eigenvalue weighted by molar-refractivity contribution is 7.13. The molecule has 3 aromatic rings. The number of rotatable bonds is 7. The molecule has 6 nitrogen and oxygen atoms in total. The minimum absolute atomic E-state index is 0.111. The highest BCUT2D eigenvalue weighted by atomic mass is 32.1.